The van der Waals surface area contributed by atoms with Crippen LogP contribution in [0.15, 0.2) is 23.3 Å². The van der Waals surface area contributed by atoms with Crippen LogP contribution < -0.4 is 10.1 Å². The molecule has 0 radical (unpaired) electrons. The normalized spacial score (nSPS) is 18.2. The summed E-state index contributed by atoms with van der Waals surface area (Å²) in [5, 5.41) is 3.44. The van der Waals surface area contributed by atoms with Crippen molar-refractivity contribution < 1.29 is 4.74 Å². The fourth-order valence-corrected chi connectivity index (χ4v) is 3.65. The smallest absolute Gasteiger partial charge is 0.213 e. The summed E-state index contributed by atoms with van der Waals surface area (Å²) in [5.74, 6) is 2.76. The first-order valence-electron chi connectivity index (χ1n) is 8.11. The van der Waals surface area contributed by atoms with E-state index < -0.39 is 0 Å². The minimum absolute atomic E-state index is 0.144. The molecule has 1 N–H and O–H groups in total. The maximum atomic E-state index is 5.57. The van der Waals surface area contributed by atoms with Crippen molar-refractivity contribution in [3.8, 4) is 5.88 Å². The highest BCUT2D eigenvalue weighted by molar-refractivity contribution is 8.00. The molecule has 0 saturated carbocycles. The Morgan fingerprint density at radius 1 is 1.48 bits per heavy atom. The fraction of sp³-hybridized carbons (Fsp3) is 0.647. The van der Waals surface area contributed by atoms with Crippen LogP contribution in [0.2, 0.25) is 0 Å². The number of thioether (sulfide) groups is 1. The Morgan fingerprint density at radius 3 is 2.83 bits per heavy atom. The molecule has 2 heterocycles. The lowest BCUT2D eigenvalue weighted by molar-refractivity contribution is 0.232. The second-order valence-electron chi connectivity index (χ2n) is 6.60. The van der Waals surface area contributed by atoms with Gasteiger partial charge < -0.3 is 15.0 Å². The van der Waals surface area contributed by atoms with Crippen LogP contribution in [0.25, 0.3) is 0 Å². The number of rotatable bonds is 4. The summed E-state index contributed by atoms with van der Waals surface area (Å²) in [6.45, 7) is 11.3. The van der Waals surface area contributed by atoms with E-state index in [1.54, 1.807) is 0 Å². The third kappa shape index (κ3) is 5.61. The molecule has 1 aromatic heterocycles. The highest BCUT2D eigenvalue weighted by Crippen LogP contribution is 2.29. The molecule has 1 fully saturated rings. The number of aliphatic imine (C=N–C) groups is 1. The Labute approximate surface area is 143 Å². The van der Waals surface area contributed by atoms with Gasteiger partial charge in [-0.05, 0) is 33.3 Å². The van der Waals surface area contributed by atoms with Crippen molar-refractivity contribution in [1.82, 2.24) is 15.2 Å². The Hall–Kier alpha value is -1.43. The number of hydrogen-bond donors (Lipinski definition) is 1. The van der Waals surface area contributed by atoms with Crippen LogP contribution in [-0.4, -0.2) is 52.6 Å². The van der Waals surface area contributed by atoms with E-state index in [1.165, 1.54) is 0 Å². The van der Waals surface area contributed by atoms with E-state index >= 15 is 0 Å². The van der Waals surface area contributed by atoms with Crippen LogP contribution in [0.5, 0.6) is 5.88 Å². The van der Waals surface area contributed by atoms with Gasteiger partial charge >= 0.3 is 0 Å². The van der Waals surface area contributed by atoms with Gasteiger partial charge in [0.15, 0.2) is 5.96 Å². The molecule has 0 amide bonds. The summed E-state index contributed by atoms with van der Waals surface area (Å²) in [5.41, 5.74) is 1.12. The van der Waals surface area contributed by atoms with E-state index in [-0.39, 0.29) is 10.9 Å². The summed E-state index contributed by atoms with van der Waals surface area (Å²) in [7, 11) is 1.84. The van der Waals surface area contributed by atoms with Crippen molar-refractivity contribution >= 4 is 17.7 Å². The molecule has 0 aromatic carbocycles. The minimum atomic E-state index is 0.144. The highest BCUT2D eigenvalue weighted by Gasteiger charge is 2.28. The minimum Gasteiger partial charge on any atom is -0.475 e. The maximum Gasteiger partial charge on any atom is 0.213 e. The van der Waals surface area contributed by atoms with E-state index in [4.69, 9.17) is 4.74 Å². The van der Waals surface area contributed by atoms with Crippen LogP contribution in [0.4, 0.5) is 0 Å². The van der Waals surface area contributed by atoms with Gasteiger partial charge in [-0.2, -0.15) is 11.8 Å². The van der Waals surface area contributed by atoms with Crippen molar-refractivity contribution in [1.29, 1.82) is 0 Å². The number of aromatic nitrogens is 1. The quantitative estimate of drug-likeness (QED) is 0.677. The molecule has 128 valence electrons. The number of guanidine groups is 1. The standard InChI is InChI=1S/C17H28N4OS/c1-13(2)22-15-7-6-14(10-19-15)11-20-16(18-5)21-8-9-23-17(3,4)12-21/h6-7,10,13H,8-9,11-12H2,1-5H3,(H,18,20). The number of hydrogen-bond acceptors (Lipinski definition) is 4. The Morgan fingerprint density at radius 2 is 2.26 bits per heavy atom. The second kappa shape index (κ2) is 7.90. The number of nitrogens with zero attached hydrogens (tertiary/aromatic N) is 3. The molecule has 0 bridgehead atoms. The molecule has 0 aliphatic carbocycles. The number of pyridine rings is 1. The summed E-state index contributed by atoms with van der Waals surface area (Å²) in [4.78, 5) is 11.1. The lowest BCUT2D eigenvalue weighted by Gasteiger charge is -2.39. The largest absolute Gasteiger partial charge is 0.475 e. The van der Waals surface area contributed by atoms with Crippen LogP contribution in [0, 0.1) is 0 Å². The maximum absolute atomic E-state index is 5.57. The molecule has 0 spiro atoms. The molecule has 6 heteroatoms. The van der Waals surface area contributed by atoms with Crippen molar-refractivity contribution in [2.75, 3.05) is 25.9 Å². The van der Waals surface area contributed by atoms with Crippen LogP contribution in [0.3, 0.4) is 0 Å². The van der Waals surface area contributed by atoms with Gasteiger partial charge in [0.05, 0.1) is 6.10 Å². The number of ether oxygens (including phenoxy) is 1. The SMILES string of the molecule is CN=C(NCc1ccc(OC(C)C)nc1)N1CCSC(C)(C)C1. The summed E-state index contributed by atoms with van der Waals surface area (Å²) < 4.78 is 5.84. The van der Waals surface area contributed by atoms with E-state index in [2.05, 4.69) is 34.0 Å². The van der Waals surface area contributed by atoms with Crippen LogP contribution in [-0.2, 0) is 6.54 Å². The summed E-state index contributed by atoms with van der Waals surface area (Å²) in [6.07, 6.45) is 2.00. The van der Waals surface area contributed by atoms with Gasteiger partial charge in [-0.25, -0.2) is 4.98 Å². The van der Waals surface area contributed by atoms with Crippen LogP contribution in [0.1, 0.15) is 33.3 Å². The van der Waals surface area contributed by atoms with Gasteiger partial charge in [0.25, 0.3) is 0 Å². The molecular weight excluding hydrogens is 308 g/mol. The summed E-state index contributed by atoms with van der Waals surface area (Å²) in [6, 6.07) is 3.96. The van der Waals surface area contributed by atoms with Crippen molar-refractivity contribution in [3.63, 3.8) is 0 Å². The molecule has 5 nitrogen and oxygen atoms in total. The first-order valence-corrected chi connectivity index (χ1v) is 9.09. The molecule has 0 atom stereocenters. The Balaban J connectivity index is 1.90. The Bertz CT molecular complexity index is 528. The first-order chi connectivity index (χ1) is 10.9. The average Bonchev–Trinajstić information content (AvgIpc) is 2.48. The monoisotopic (exact) mass is 336 g/mol. The topological polar surface area (TPSA) is 49.8 Å². The van der Waals surface area contributed by atoms with Gasteiger partial charge in [0, 0.05) is 49.4 Å². The predicted molar refractivity (Wildman–Crippen MR) is 98.3 cm³/mol. The third-order valence-corrected chi connectivity index (χ3v) is 4.84. The van der Waals surface area contributed by atoms with Gasteiger partial charge in [-0.1, -0.05) is 6.07 Å². The number of nitrogens with one attached hydrogen (secondary N) is 1. The van der Waals surface area contributed by atoms with Crippen molar-refractivity contribution in [3.05, 3.63) is 23.9 Å². The lowest BCUT2D eigenvalue weighted by atomic mass is 10.2. The van der Waals surface area contributed by atoms with Crippen molar-refractivity contribution in [2.45, 2.75) is 45.1 Å². The molecular formula is C17H28N4OS. The van der Waals surface area contributed by atoms with E-state index in [0.29, 0.717) is 12.4 Å². The molecule has 1 saturated heterocycles. The van der Waals surface area contributed by atoms with Gasteiger partial charge in [0.1, 0.15) is 0 Å². The lowest BCUT2D eigenvalue weighted by Crippen LogP contribution is -2.50. The second-order valence-corrected chi connectivity index (χ2v) is 8.40. The predicted octanol–water partition coefficient (Wildman–Crippen LogP) is 2.77. The summed E-state index contributed by atoms with van der Waals surface area (Å²) >= 11 is 2.02. The average molecular weight is 337 g/mol. The van der Waals surface area contributed by atoms with Gasteiger partial charge in [-0.15, -0.1) is 0 Å². The highest BCUT2D eigenvalue weighted by atomic mass is 32.2. The zero-order valence-corrected chi connectivity index (χ0v) is 15.6. The van der Waals surface area contributed by atoms with Gasteiger partial charge in [-0.3, -0.25) is 4.99 Å². The van der Waals surface area contributed by atoms with Gasteiger partial charge in [0.2, 0.25) is 5.88 Å². The van der Waals surface area contributed by atoms with Crippen LogP contribution >= 0.6 is 11.8 Å². The van der Waals surface area contributed by atoms with Crippen molar-refractivity contribution in [2.24, 2.45) is 4.99 Å². The zero-order chi connectivity index (χ0) is 16.9. The first kappa shape index (κ1) is 17.9. The molecule has 2 rings (SSSR count). The molecule has 1 aliphatic heterocycles. The molecule has 0 unspecified atom stereocenters. The van der Waals surface area contributed by atoms with E-state index in [0.717, 1.165) is 30.4 Å². The zero-order valence-electron chi connectivity index (χ0n) is 14.8. The van der Waals surface area contributed by atoms with E-state index in [9.17, 15) is 0 Å². The van der Waals surface area contributed by atoms with E-state index in [1.807, 2.05) is 51.0 Å². The molecule has 23 heavy (non-hydrogen) atoms. The third-order valence-electron chi connectivity index (χ3n) is 3.54. The Kier molecular flexibility index (Phi) is 6.16. The molecule has 1 aromatic rings. The molecule has 1 aliphatic rings. The fourth-order valence-electron chi connectivity index (χ4n) is 2.54.